The van der Waals surface area contributed by atoms with Gasteiger partial charge in [-0.05, 0) is 22.9 Å². The summed E-state index contributed by atoms with van der Waals surface area (Å²) in [5.41, 5.74) is 0. The van der Waals surface area contributed by atoms with Crippen LogP contribution in [0.5, 0.6) is 5.75 Å². The van der Waals surface area contributed by atoms with Gasteiger partial charge in [-0.15, -0.1) is 0 Å². The van der Waals surface area contributed by atoms with Crippen molar-refractivity contribution < 1.29 is 4.74 Å². The Labute approximate surface area is 78.7 Å². The first-order chi connectivity index (χ1) is 5.22. The zero-order valence-electron chi connectivity index (χ0n) is 5.97. The minimum absolute atomic E-state index is 0.433. The van der Waals surface area contributed by atoms with Crippen molar-refractivity contribution in [3.8, 4) is 5.75 Å². The van der Waals surface area contributed by atoms with Gasteiger partial charge in [0.1, 0.15) is 15.5 Å². The van der Waals surface area contributed by atoms with E-state index in [0.29, 0.717) is 16.4 Å². The molecular weight excluding hydrogens is 229 g/mol. The van der Waals surface area contributed by atoms with E-state index in [1.807, 2.05) is 6.92 Å². The van der Waals surface area contributed by atoms with Crippen LogP contribution < -0.4 is 4.74 Å². The number of aromatic nitrogens is 1. The predicted octanol–water partition coefficient (Wildman–Crippen LogP) is 2.90. The Morgan fingerprint density at radius 1 is 1.64 bits per heavy atom. The Balaban J connectivity index is 2.89. The Morgan fingerprint density at radius 3 is 2.91 bits per heavy atom. The minimum Gasteiger partial charge on any atom is -0.494 e. The van der Waals surface area contributed by atoms with Gasteiger partial charge < -0.3 is 4.74 Å². The Kier molecular flexibility index (Phi) is 3.15. The Bertz CT molecular complexity index is 234. The molecule has 1 aromatic heterocycles. The number of hydrogen-bond donors (Lipinski definition) is 0. The van der Waals surface area contributed by atoms with E-state index in [4.69, 9.17) is 16.3 Å². The van der Waals surface area contributed by atoms with Crippen molar-refractivity contribution >= 4 is 27.5 Å². The smallest absolute Gasteiger partial charge is 0.134 e. The molecule has 0 amide bonds. The summed E-state index contributed by atoms with van der Waals surface area (Å²) < 4.78 is 5.90. The van der Waals surface area contributed by atoms with Crippen molar-refractivity contribution in [2.24, 2.45) is 0 Å². The van der Waals surface area contributed by atoms with Crippen molar-refractivity contribution in [2.45, 2.75) is 6.92 Å². The van der Waals surface area contributed by atoms with Gasteiger partial charge in [0.15, 0.2) is 0 Å². The molecule has 0 saturated carbocycles. The van der Waals surface area contributed by atoms with Crippen LogP contribution in [0, 0.1) is 0 Å². The maximum atomic E-state index is 5.66. The number of halogens is 2. The fourth-order valence-electron chi connectivity index (χ4n) is 0.693. The third-order valence-corrected chi connectivity index (χ3v) is 1.65. The molecule has 0 bridgehead atoms. The van der Waals surface area contributed by atoms with Gasteiger partial charge in [-0.1, -0.05) is 11.6 Å². The average Bonchev–Trinajstić information content (AvgIpc) is 1.85. The van der Waals surface area contributed by atoms with E-state index in [2.05, 4.69) is 20.9 Å². The lowest BCUT2D eigenvalue weighted by molar-refractivity contribution is 0.339. The largest absolute Gasteiger partial charge is 0.494 e. The molecule has 1 aromatic rings. The Morgan fingerprint density at radius 2 is 2.36 bits per heavy atom. The quantitative estimate of drug-likeness (QED) is 0.737. The molecule has 11 heavy (non-hydrogen) atoms. The first kappa shape index (κ1) is 8.81. The summed E-state index contributed by atoms with van der Waals surface area (Å²) >= 11 is 8.87. The highest BCUT2D eigenvalue weighted by Crippen LogP contribution is 2.20. The van der Waals surface area contributed by atoms with Crippen molar-refractivity contribution in [1.82, 2.24) is 4.98 Å². The third kappa shape index (κ3) is 2.67. The van der Waals surface area contributed by atoms with Crippen LogP contribution in [0.3, 0.4) is 0 Å². The van der Waals surface area contributed by atoms with Gasteiger partial charge in [0.25, 0.3) is 0 Å². The molecular formula is C7H7BrClNO. The molecule has 2 nitrogen and oxygen atoms in total. The van der Waals surface area contributed by atoms with Crippen LogP contribution in [-0.2, 0) is 0 Å². The summed E-state index contributed by atoms with van der Waals surface area (Å²) in [6.07, 6.45) is 0. The lowest BCUT2D eigenvalue weighted by atomic mass is 10.4. The van der Waals surface area contributed by atoms with Gasteiger partial charge in [-0.2, -0.15) is 0 Å². The van der Waals surface area contributed by atoms with Gasteiger partial charge in [-0.3, -0.25) is 0 Å². The molecule has 0 unspecified atom stereocenters. The lowest BCUT2D eigenvalue weighted by Crippen LogP contribution is -1.91. The molecule has 0 fully saturated rings. The zero-order chi connectivity index (χ0) is 8.27. The third-order valence-electron chi connectivity index (χ3n) is 1.05. The second-order valence-corrected chi connectivity index (χ2v) is 3.08. The summed E-state index contributed by atoms with van der Waals surface area (Å²) in [5.74, 6) is 0.736. The summed E-state index contributed by atoms with van der Waals surface area (Å²) in [6.45, 7) is 2.55. The van der Waals surface area contributed by atoms with Crippen LogP contribution in [-0.4, -0.2) is 11.6 Å². The summed E-state index contributed by atoms with van der Waals surface area (Å²) in [7, 11) is 0. The standard InChI is InChI=1S/C7H7BrClNO/c1-2-11-5-3-6(8)10-7(9)4-5/h3-4H,2H2,1H3. The summed E-state index contributed by atoms with van der Waals surface area (Å²) in [6, 6.07) is 3.45. The topological polar surface area (TPSA) is 22.1 Å². The van der Waals surface area contributed by atoms with E-state index in [9.17, 15) is 0 Å². The SMILES string of the molecule is CCOc1cc(Cl)nc(Br)c1. The van der Waals surface area contributed by atoms with Crippen molar-refractivity contribution in [1.29, 1.82) is 0 Å². The van der Waals surface area contributed by atoms with E-state index in [1.54, 1.807) is 12.1 Å². The molecule has 60 valence electrons. The number of nitrogens with zero attached hydrogens (tertiary/aromatic N) is 1. The van der Waals surface area contributed by atoms with Gasteiger partial charge in [-0.25, -0.2) is 4.98 Å². The first-order valence-electron chi connectivity index (χ1n) is 3.18. The van der Waals surface area contributed by atoms with Crippen LogP contribution in [0.2, 0.25) is 5.15 Å². The minimum atomic E-state index is 0.433. The van der Waals surface area contributed by atoms with Crippen LogP contribution in [0.25, 0.3) is 0 Å². The molecule has 0 N–H and O–H groups in total. The van der Waals surface area contributed by atoms with Crippen molar-refractivity contribution in [2.75, 3.05) is 6.61 Å². The Hall–Kier alpha value is -0.280. The second kappa shape index (κ2) is 3.93. The van der Waals surface area contributed by atoms with E-state index in [-0.39, 0.29) is 0 Å². The van der Waals surface area contributed by atoms with E-state index in [1.165, 1.54) is 0 Å². The molecule has 0 radical (unpaired) electrons. The summed E-state index contributed by atoms with van der Waals surface area (Å²) in [5, 5.41) is 0.433. The van der Waals surface area contributed by atoms with E-state index >= 15 is 0 Å². The van der Waals surface area contributed by atoms with Crippen molar-refractivity contribution in [3.63, 3.8) is 0 Å². The first-order valence-corrected chi connectivity index (χ1v) is 4.35. The number of pyridine rings is 1. The summed E-state index contributed by atoms with van der Waals surface area (Å²) in [4.78, 5) is 3.92. The maximum Gasteiger partial charge on any atom is 0.134 e. The molecule has 0 atom stereocenters. The molecule has 1 rings (SSSR count). The fourth-order valence-corrected chi connectivity index (χ4v) is 1.41. The molecule has 4 heteroatoms. The molecule has 0 aromatic carbocycles. The van der Waals surface area contributed by atoms with Gasteiger partial charge >= 0.3 is 0 Å². The molecule has 0 aliphatic heterocycles. The number of rotatable bonds is 2. The van der Waals surface area contributed by atoms with E-state index in [0.717, 1.165) is 5.75 Å². The van der Waals surface area contributed by atoms with Crippen LogP contribution in [0.4, 0.5) is 0 Å². The van der Waals surface area contributed by atoms with E-state index < -0.39 is 0 Å². The highest BCUT2D eigenvalue weighted by molar-refractivity contribution is 9.10. The second-order valence-electron chi connectivity index (χ2n) is 1.88. The zero-order valence-corrected chi connectivity index (χ0v) is 8.32. The maximum absolute atomic E-state index is 5.66. The fraction of sp³-hybridized carbons (Fsp3) is 0.286. The molecule has 1 heterocycles. The molecule has 0 spiro atoms. The highest BCUT2D eigenvalue weighted by Gasteiger charge is 1.97. The monoisotopic (exact) mass is 235 g/mol. The number of ether oxygens (including phenoxy) is 1. The normalized spacial score (nSPS) is 9.73. The highest BCUT2D eigenvalue weighted by atomic mass is 79.9. The molecule has 0 aliphatic carbocycles. The van der Waals surface area contributed by atoms with Crippen LogP contribution in [0.1, 0.15) is 6.92 Å². The number of hydrogen-bond acceptors (Lipinski definition) is 2. The van der Waals surface area contributed by atoms with Gasteiger partial charge in [0.05, 0.1) is 6.61 Å². The average molecular weight is 236 g/mol. The predicted molar refractivity (Wildman–Crippen MR) is 48.1 cm³/mol. The lowest BCUT2D eigenvalue weighted by Gasteiger charge is -2.02. The molecule has 0 aliphatic rings. The van der Waals surface area contributed by atoms with Gasteiger partial charge in [0, 0.05) is 12.1 Å². The van der Waals surface area contributed by atoms with Crippen LogP contribution >= 0.6 is 27.5 Å². The van der Waals surface area contributed by atoms with Crippen LogP contribution in [0.15, 0.2) is 16.7 Å². The van der Waals surface area contributed by atoms with Crippen molar-refractivity contribution in [3.05, 3.63) is 21.9 Å². The molecule has 0 saturated heterocycles. The van der Waals surface area contributed by atoms with Gasteiger partial charge in [0.2, 0.25) is 0 Å².